The summed E-state index contributed by atoms with van der Waals surface area (Å²) in [7, 11) is 0. The Labute approximate surface area is 224 Å². The van der Waals surface area contributed by atoms with E-state index >= 15 is 0 Å². The minimum atomic E-state index is -0.331. The molecule has 5 heteroatoms. The third-order valence-corrected chi connectivity index (χ3v) is 13.2. The Morgan fingerprint density at radius 2 is 1.68 bits per heavy atom. The molecule has 0 aromatic carbocycles. The number of epoxide rings is 1. The number of hydrogen-bond donors (Lipinski definition) is 1. The van der Waals surface area contributed by atoms with Gasteiger partial charge < -0.3 is 14.6 Å². The maximum Gasteiger partial charge on any atom is 0.302 e. The second kappa shape index (κ2) is 8.53. The van der Waals surface area contributed by atoms with Gasteiger partial charge in [0.15, 0.2) is 0 Å². The second-order valence-corrected chi connectivity index (χ2v) is 15.7. The summed E-state index contributed by atoms with van der Waals surface area (Å²) in [5.74, 6) is 2.11. The molecule has 37 heavy (non-hydrogen) atoms. The molecule has 1 aliphatic heterocycles. The first-order chi connectivity index (χ1) is 17.0. The molecular weight excluding hydrogens is 464 g/mol. The zero-order valence-electron chi connectivity index (χ0n) is 24.9. The summed E-state index contributed by atoms with van der Waals surface area (Å²) in [4.78, 5) is 24.8. The van der Waals surface area contributed by atoms with Crippen molar-refractivity contribution in [1.82, 2.24) is 0 Å². The largest absolute Gasteiger partial charge is 0.460 e. The average molecular weight is 517 g/mol. The minimum Gasteiger partial charge on any atom is -0.460 e. The number of carbonyl (C=O) groups excluding carboxylic acids is 2. The monoisotopic (exact) mass is 516 g/mol. The topological polar surface area (TPSA) is 76.1 Å². The van der Waals surface area contributed by atoms with Gasteiger partial charge in [-0.25, -0.2) is 0 Å². The van der Waals surface area contributed by atoms with E-state index in [4.69, 9.17) is 9.47 Å². The highest BCUT2D eigenvalue weighted by atomic mass is 16.6. The first kappa shape index (κ1) is 27.6. The number of rotatable bonds is 5. The van der Waals surface area contributed by atoms with Crippen LogP contribution in [0.5, 0.6) is 0 Å². The Kier molecular flexibility index (Phi) is 6.37. The first-order valence-electron chi connectivity index (χ1n) is 15.1. The zero-order valence-corrected chi connectivity index (χ0v) is 24.9. The van der Waals surface area contributed by atoms with Crippen LogP contribution in [0.3, 0.4) is 0 Å². The first-order valence-corrected chi connectivity index (χ1v) is 15.1. The normalized spacial score (nSPS) is 49.3. The van der Waals surface area contributed by atoms with Crippen LogP contribution in [0.1, 0.15) is 114 Å². The van der Waals surface area contributed by atoms with Crippen LogP contribution >= 0.6 is 0 Å². The van der Waals surface area contributed by atoms with Crippen LogP contribution in [-0.4, -0.2) is 40.8 Å². The van der Waals surface area contributed by atoms with Crippen molar-refractivity contribution in [3.8, 4) is 0 Å². The van der Waals surface area contributed by atoms with E-state index < -0.39 is 0 Å². The van der Waals surface area contributed by atoms with Crippen LogP contribution in [0.2, 0.25) is 0 Å². The fourth-order valence-corrected chi connectivity index (χ4v) is 11.1. The van der Waals surface area contributed by atoms with E-state index in [2.05, 4.69) is 55.4 Å². The molecule has 4 saturated carbocycles. The lowest BCUT2D eigenvalue weighted by molar-refractivity contribution is -0.238. The number of aliphatic hydroxyl groups excluding tert-OH is 1. The Hall–Kier alpha value is -0.940. The minimum absolute atomic E-state index is 0.00315. The van der Waals surface area contributed by atoms with Crippen LogP contribution in [-0.2, 0) is 19.1 Å². The van der Waals surface area contributed by atoms with E-state index in [1.165, 1.54) is 19.8 Å². The van der Waals surface area contributed by atoms with E-state index in [0.29, 0.717) is 35.9 Å². The third-order valence-electron chi connectivity index (χ3n) is 13.2. The Bertz CT molecular complexity index is 955. The van der Waals surface area contributed by atoms with Gasteiger partial charge in [0.2, 0.25) is 0 Å². The smallest absolute Gasteiger partial charge is 0.302 e. The number of aliphatic hydroxyl groups is 1. The van der Waals surface area contributed by atoms with Gasteiger partial charge in [-0.15, -0.1) is 0 Å². The van der Waals surface area contributed by atoms with Crippen LogP contribution in [0.15, 0.2) is 0 Å². The SMILES string of the molecule is CC(=O)OC(CC(C)C1CCC2(C)C1CC(O)C1C3(C)CCC(=O)C(C)(C)C3CCC12C)C1OC1(C)C. The molecule has 0 bridgehead atoms. The van der Waals surface area contributed by atoms with Gasteiger partial charge in [-0.1, -0.05) is 41.5 Å². The summed E-state index contributed by atoms with van der Waals surface area (Å²) in [5.41, 5.74) is -0.307. The maximum atomic E-state index is 12.9. The number of ketones is 1. The molecule has 11 unspecified atom stereocenters. The van der Waals surface area contributed by atoms with E-state index in [-0.39, 0.29) is 57.5 Å². The number of fused-ring (bicyclic) bond motifs is 5. The molecule has 11 atom stereocenters. The van der Waals surface area contributed by atoms with Gasteiger partial charge in [-0.2, -0.15) is 0 Å². The Morgan fingerprint density at radius 3 is 2.27 bits per heavy atom. The summed E-state index contributed by atoms with van der Waals surface area (Å²) in [6, 6.07) is 0. The second-order valence-electron chi connectivity index (χ2n) is 15.7. The predicted octanol–water partition coefficient (Wildman–Crippen LogP) is 6.35. The standard InChI is InChI=1S/C32H52O5/c1-18(16-23(36-19(2)33)27-29(5,6)37-27)20-10-14-31(8)21(20)17-22(34)26-30(7)13-12-25(35)28(3,4)24(30)11-15-32(26,31)9/h18,20-24,26-27,34H,10-17H2,1-9H3. The lowest BCUT2D eigenvalue weighted by atomic mass is 9.35. The van der Waals surface area contributed by atoms with Crippen LogP contribution in [0.25, 0.3) is 0 Å². The molecule has 0 spiro atoms. The molecule has 1 N–H and O–H groups in total. The van der Waals surface area contributed by atoms with E-state index in [1.807, 2.05) is 0 Å². The van der Waals surface area contributed by atoms with Gasteiger partial charge in [0.25, 0.3) is 0 Å². The molecule has 0 aromatic rings. The van der Waals surface area contributed by atoms with Gasteiger partial charge in [-0.05, 0) is 105 Å². The molecule has 5 nitrogen and oxygen atoms in total. The fourth-order valence-electron chi connectivity index (χ4n) is 11.1. The predicted molar refractivity (Wildman–Crippen MR) is 144 cm³/mol. The van der Waals surface area contributed by atoms with Gasteiger partial charge in [0.1, 0.15) is 18.0 Å². The number of esters is 1. The van der Waals surface area contributed by atoms with E-state index in [1.54, 1.807) is 0 Å². The summed E-state index contributed by atoms with van der Waals surface area (Å²) in [5, 5.41) is 12.0. The van der Waals surface area contributed by atoms with Crippen LogP contribution in [0.4, 0.5) is 0 Å². The summed E-state index contributed by atoms with van der Waals surface area (Å²) >= 11 is 0. The molecule has 1 saturated heterocycles. The molecule has 0 radical (unpaired) electrons. The van der Waals surface area contributed by atoms with Gasteiger partial charge >= 0.3 is 5.97 Å². The van der Waals surface area contributed by atoms with Crippen molar-refractivity contribution in [1.29, 1.82) is 0 Å². The van der Waals surface area contributed by atoms with Crippen molar-refractivity contribution in [3.63, 3.8) is 0 Å². The highest BCUT2D eigenvalue weighted by molar-refractivity contribution is 5.85. The Balaban J connectivity index is 1.40. The Morgan fingerprint density at radius 1 is 1.05 bits per heavy atom. The van der Waals surface area contributed by atoms with Crippen LogP contribution < -0.4 is 0 Å². The summed E-state index contributed by atoms with van der Waals surface area (Å²) in [6.45, 7) is 19.7. The lowest BCUT2D eigenvalue weighted by Crippen LogP contribution is -2.67. The number of Topliss-reactive ketones (excluding diaryl/α,β-unsaturated/α-hetero) is 1. The molecule has 1 heterocycles. The van der Waals surface area contributed by atoms with Crippen molar-refractivity contribution in [3.05, 3.63) is 0 Å². The van der Waals surface area contributed by atoms with Gasteiger partial charge in [-0.3, -0.25) is 9.59 Å². The highest BCUT2D eigenvalue weighted by Gasteiger charge is 2.71. The maximum absolute atomic E-state index is 12.9. The molecule has 5 fully saturated rings. The highest BCUT2D eigenvalue weighted by Crippen LogP contribution is 2.75. The number of carbonyl (C=O) groups is 2. The molecule has 4 aliphatic carbocycles. The molecule has 210 valence electrons. The number of hydrogen-bond acceptors (Lipinski definition) is 5. The van der Waals surface area contributed by atoms with Gasteiger partial charge in [0, 0.05) is 18.8 Å². The summed E-state index contributed by atoms with van der Waals surface area (Å²) < 4.78 is 11.7. The molecule has 5 rings (SSSR count). The van der Waals surface area contributed by atoms with Crippen LogP contribution in [0, 0.1) is 51.2 Å². The molecule has 0 amide bonds. The number of ether oxygens (including phenoxy) is 2. The van der Waals surface area contributed by atoms with E-state index in [9.17, 15) is 14.7 Å². The zero-order chi connectivity index (χ0) is 27.3. The average Bonchev–Trinajstić information content (AvgIpc) is 3.27. The van der Waals surface area contributed by atoms with Crippen molar-refractivity contribution in [2.45, 2.75) is 138 Å². The van der Waals surface area contributed by atoms with Crippen molar-refractivity contribution in [2.24, 2.45) is 51.2 Å². The molecular formula is C32H52O5. The quantitative estimate of drug-likeness (QED) is 0.340. The molecule has 5 aliphatic rings. The summed E-state index contributed by atoms with van der Waals surface area (Å²) in [6.07, 6.45) is 7.21. The van der Waals surface area contributed by atoms with Crippen molar-refractivity contribution < 1.29 is 24.2 Å². The third kappa shape index (κ3) is 3.90. The van der Waals surface area contributed by atoms with Gasteiger partial charge in [0.05, 0.1) is 11.7 Å². The molecule has 0 aromatic heterocycles. The lowest BCUT2D eigenvalue weighted by Gasteiger charge is -2.70. The van der Waals surface area contributed by atoms with Crippen molar-refractivity contribution >= 4 is 11.8 Å². The van der Waals surface area contributed by atoms with E-state index in [0.717, 1.165) is 32.1 Å². The fraction of sp³-hybridized carbons (Fsp3) is 0.938. The van der Waals surface area contributed by atoms with Crippen molar-refractivity contribution in [2.75, 3.05) is 0 Å².